The van der Waals surface area contributed by atoms with Gasteiger partial charge in [-0.1, -0.05) is 36.4 Å². The SMILES string of the molecule is Cc1ccc(NC(=O)COC(=O)CCC(=O)NCc2ccccc2)cc1[N+](=O)[O-]. The Hall–Kier alpha value is -3.75. The molecule has 0 radical (unpaired) electrons. The molecule has 0 unspecified atom stereocenters. The van der Waals surface area contributed by atoms with Crippen LogP contribution in [0.3, 0.4) is 0 Å². The van der Waals surface area contributed by atoms with E-state index in [1.807, 2.05) is 30.3 Å². The Morgan fingerprint density at radius 1 is 1.03 bits per heavy atom. The van der Waals surface area contributed by atoms with Crippen LogP contribution in [-0.2, 0) is 25.7 Å². The van der Waals surface area contributed by atoms with Crippen LogP contribution in [0.4, 0.5) is 11.4 Å². The molecule has 0 aliphatic carbocycles. The fraction of sp³-hybridized carbons (Fsp3) is 0.250. The van der Waals surface area contributed by atoms with Crippen LogP contribution in [0, 0.1) is 17.0 Å². The summed E-state index contributed by atoms with van der Waals surface area (Å²) in [4.78, 5) is 45.7. The van der Waals surface area contributed by atoms with Crippen LogP contribution < -0.4 is 10.6 Å². The molecular formula is C20H21N3O6. The maximum Gasteiger partial charge on any atom is 0.306 e. The summed E-state index contributed by atoms with van der Waals surface area (Å²) in [7, 11) is 0. The highest BCUT2D eigenvalue weighted by Crippen LogP contribution is 2.22. The molecule has 2 amide bonds. The van der Waals surface area contributed by atoms with E-state index in [1.165, 1.54) is 18.2 Å². The van der Waals surface area contributed by atoms with Crippen molar-refractivity contribution < 1.29 is 24.0 Å². The summed E-state index contributed by atoms with van der Waals surface area (Å²) in [6.07, 6.45) is -0.221. The third kappa shape index (κ3) is 7.41. The van der Waals surface area contributed by atoms with E-state index in [-0.39, 0.29) is 30.1 Å². The van der Waals surface area contributed by atoms with Gasteiger partial charge in [0.15, 0.2) is 6.61 Å². The third-order valence-electron chi connectivity index (χ3n) is 3.94. The molecule has 0 atom stereocenters. The molecule has 0 saturated heterocycles. The van der Waals surface area contributed by atoms with Crippen LogP contribution in [0.15, 0.2) is 48.5 Å². The molecule has 2 rings (SSSR count). The van der Waals surface area contributed by atoms with E-state index >= 15 is 0 Å². The Bertz CT molecular complexity index is 898. The van der Waals surface area contributed by atoms with Crippen molar-refractivity contribution in [3.05, 3.63) is 69.8 Å². The summed E-state index contributed by atoms with van der Waals surface area (Å²) in [6.45, 7) is 1.40. The van der Waals surface area contributed by atoms with Gasteiger partial charge < -0.3 is 15.4 Å². The predicted octanol–water partition coefficient (Wildman–Crippen LogP) is 2.48. The molecular weight excluding hydrogens is 378 g/mol. The molecule has 2 N–H and O–H groups in total. The Kier molecular flexibility index (Phi) is 7.84. The fourth-order valence-corrected chi connectivity index (χ4v) is 2.40. The van der Waals surface area contributed by atoms with Crippen molar-refractivity contribution in [3.63, 3.8) is 0 Å². The van der Waals surface area contributed by atoms with Gasteiger partial charge in [0.25, 0.3) is 11.6 Å². The van der Waals surface area contributed by atoms with E-state index in [4.69, 9.17) is 4.74 Å². The highest BCUT2D eigenvalue weighted by molar-refractivity contribution is 5.93. The number of esters is 1. The number of benzene rings is 2. The molecule has 152 valence electrons. The van der Waals surface area contributed by atoms with E-state index < -0.39 is 23.4 Å². The molecule has 0 heterocycles. The average Bonchev–Trinajstić information content (AvgIpc) is 2.71. The number of hydrogen-bond donors (Lipinski definition) is 2. The number of hydrogen-bond acceptors (Lipinski definition) is 6. The molecule has 9 heteroatoms. The Morgan fingerprint density at radius 3 is 2.45 bits per heavy atom. The van der Waals surface area contributed by atoms with E-state index in [2.05, 4.69) is 10.6 Å². The van der Waals surface area contributed by atoms with Crippen LogP contribution in [0.2, 0.25) is 0 Å². The molecule has 2 aromatic carbocycles. The lowest BCUT2D eigenvalue weighted by molar-refractivity contribution is -0.385. The molecule has 9 nitrogen and oxygen atoms in total. The first-order chi connectivity index (χ1) is 13.8. The summed E-state index contributed by atoms with van der Waals surface area (Å²) in [5.41, 5.74) is 1.51. The van der Waals surface area contributed by atoms with Gasteiger partial charge >= 0.3 is 5.97 Å². The van der Waals surface area contributed by atoms with Crippen LogP contribution in [0.5, 0.6) is 0 Å². The van der Waals surface area contributed by atoms with Gasteiger partial charge in [-0.2, -0.15) is 0 Å². The first-order valence-corrected chi connectivity index (χ1v) is 8.86. The lowest BCUT2D eigenvalue weighted by Crippen LogP contribution is -2.25. The summed E-state index contributed by atoms with van der Waals surface area (Å²) >= 11 is 0. The van der Waals surface area contributed by atoms with Gasteiger partial charge in [0.1, 0.15) is 0 Å². The second-order valence-corrected chi connectivity index (χ2v) is 6.23. The standard InChI is InChI=1S/C20H21N3O6/c1-14-7-8-16(11-17(14)23(27)28)22-19(25)13-29-20(26)10-9-18(24)21-12-15-5-3-2-4-6-15/h2-8,11H,9-10,12-13H2,1H3,(H,21,24)(H,22,25). The second kappa shape index (κ2) is 10.5. The Morgan fingerprint density at radius 2 is 1.76 bits per heavy atom. The van der Waals surface area contributed by atoms with Crippen molar-refractivity contribution in [2.24, 2.45) is 0 Å². The largest absolute Gasteiger partial charge is 0.456 e. The lowest BCUT2D eigenvalue weighted by Gasteiger charge is -2.08. The van der Waals surface area contributed by atoms with Crippen molar-refractivity contribution >= 4 is 29.2 Å². The minimum absolute atomic E-state index is 0.0581. The van der Waals surface area contributed by atoms with Crippen LogP contribution in [-0.4, -0.2) is 29.3 Å². The number of nitro benzene ring substituents is 1. The van der Waals surface area contributed by atoms with Crippen molar-refractivity contribution in [2.45, 2.75) is 26.3 Å². The minimum Gasteiger partial charge on any atom is -0.456 e. The maximum absolute atomic E-state index is 11.8. The number of amides is 2. The first-order valence-electron chi connectivity index (χ1n) is 8.86. The van der Waals surface area contributed by atoms with Crippen molar-refractivity contribution in [2.75, 3.05) is 11.9 Å². The zero-order valence-electron chi connectivity index (χ0n) is 15.8. The normalized spacial score (nSPS) is 10.1. The molecule has 0 spiro atoms. The predicted molar refractivity (Wildman–Crippen MR) is 105 cm³/mol. The Labute approximate surface area is 167 Å². The molecule has 0 aliphatic rings. The number of nitrogens with one attached hydrogen (secondary N) is 2. The third-order valence-corrected chi connectivity index (χ3v) is 3.94. The number of carbonyl (C=O) groups excluding carboxylic acids is 3. The van der Waals surface area contributed by atoms with Crippen LogP contribution >= 0.6 is 0 Å². The second-order valence-electron chi connectivity index (χ2n) is 6.23. The number of anilines is 1. The molecule has 2 aromatic rings. The number of rotatable bonds is 9. The summed E-state index contributed by atoms with van der Waals surface area (Å²) < 4.78 is 4.83. The first kappa shape index (κ1) is 21.5. The number of aryl methyl sites for hydroxylation is 1. The van der Waals surface area contributed by atoms with Gasteiger partial charge in [-0.05, 0) is 18.6 Å². The van der Waals surface area contributed by atoms with Gasteiger partial charge in [-0.15, -0.1) is 0 Å². The smallest absolute Gasteiger partial charge is 0.306 e. The van der Waals surface area contributed by atoms with Crippen LogP contribution in [0.1, 0.15) is 24.0 Å². The summed E-state index contributed by atoms with van der Waals surface area (Å²) in [6, 6.07) is 13.6. The Balaban J connectivity index is 1.69. The monoisotopic (exact) mass is 399 g/mol. The quantitative estimate of drug-likeness (QED) is 0.379. The number of nitrogens with zero attached hydrogens (tertiary/aromatic N) is 1. The van der Waals surface area contributed by atoms with E-state index in [9.17, 15) is 24.5 Å². The van der Waals surface area contributed by atoms with E-state index in [0.717, 1.165) is 5.56 Å². The van der Waals surface area contributed by atoms with Crippen molar-refractivity contribution in [1.29, 1.82) is 0 Å². The topological polar surface area (TPSA) is 128 Å². The molecule has 0 saturated carbocycles. The minimum atomic E-state index is -0.690. The van der Waals surface area contributed by atoms with Gasteiger partial charge in [0, 0.05) is 30.3 Å². The van der Waals surface area contributed by atoms with Gasteiger partial charge in [-0.3, -0.25) is 24.5 Å². The maximum atomic E-state index is 11.8. The summed E-state index contributed by atoms with van der Waals surface area (Å²) in [5, 5.41) is 16.0. The average molecular weight is 399 g/mol. The fourth-order valence-electron chi connectivity index (χ4n) is 2.40. The highest BCUT2D eigenvalue weighted by Gasteiger charge is 2.14. The molecule has 0 aliphatic heterocycles. The van der Waals surface area contributed by atoms with Gasteiger partial charge in [-0.25, -0.2) is 0 Å². The summed E-state index contributed by atoms with van der Waals surface area (Å²) in [5.74, 6) is -1.63. The zero-order valence-corrected chi connectivity index (χ0v) is 15.8. The number of nitro groups is 1. The zero-order chi connectivity index (χ0) is 21.2. The van der Waals surface area contributed by atoms with Crippen molar-refractivity contribution in [3.8, 4) is 0 Å². The van der Waals surface area contributed by atoms with Crippen LogP contribution in [0.25, 0.3) is 0 Å². The highest BCUT2D eigenvalue weighted by atomic mass is 16.6. The van der Waals surface area contributed by atoms with Crippen molar-refractivity contribution in [1.82, 2.24) is 5.32 Å². The molecule has 0 bridgehead atoms. The lowest BCUT2D eigenvalue weighted by atomic mass is 10.2. The van der Waals surface area contributed by atoms with Gasteiger partial charge in [0.05, 0.1) is 11.3 Å². The van der Waals surface area contributed by atoms with E-state index in [0.29, 0.717) is 12.1 Å². The number of carbonyl (C=O) groups is 3. The van der Waals surface area contributed by atoms with E-state index in [1.54, 1.807) is 6.92 Å². The molecule has 0 aromatic heterocycles. The molecule has 29 heavy (non-hydrogen) atoms. The number of ether oxygens (including phenoxy) is 1. The molecule has 0 fully saturated rings. The van der Waals surface area contributed by atoms with Gasteiger partial charge in [0.2, 0.25) is 5.91 Å².